The van der Waals surface area contributed by atoms with E-state index in [2.05, 4.69) is 15.3 Å². The second-order valence-corrected chi connectivity index (χ2v) is 12.4. The van der Waals surface area contributed by atoms with Crippen molar-refractivity contribution in [1.82, 2.24) is 15.3 Å². The van der Waals surface area contributed by atoms with E-state index in [9.17, 15) is 36.6 Å². The maximum absolute atomic E-state index is 14.9. The molecule has 3 aliphatic rings. The normalized spacial score (nSPS) is 23.1. The van der Waals surface area contributed by atoms with Crippen LogP contribution in [0.5, 0.6) is 11.5 Å². The minimum absolute atomic E-state index is 0.0361. The van der Waals surface area contributed by atoms with E-state index in [0.717, 1.165) is 36.0 Å². The fraction of sp³-hybridized carbons (Fsp3) is 0.333. The highest BCUT2D eigenvalue weighted by molar-refractivity contribution is 7.18. The molecule has 7 rings (SSSR count). The third kappa shape index (κ3) is 4.35. The van der Waals surface area contributed by atoms with Gasteiger partial charge in [0.15, 0.2) is 23.4 Å². The number of carbonyl (C=O) groups excluding carboxylic acids is 2. The van der Waals surface area contributed by atoms with E-state index in [-0.39, 0.29) is 33.9 Å². The summed E-state index contributed by atoms with van der Waals surface area (Å²) >= 11 is 1.36. The smallest absolute Gasteiger partial charge is 0.424 e. The van der Waals surface area contributed by atoms with Crippen molar-refractivity contribution >= 4 is 33.4 Å². The number of nitrogens with two attached hydrogens (primary N) is 1. The van der Waals surface area contributed by atoms with Gasteiger partial charge < -0.3 is 25.6 Å². The standard InChI is InChI=1S/C30H23F5N4O5S/c1-43-17-8-14(9-18-21(17)39-26(45-18)13-2-3-13)25(40)37-11-28(42,30(33,34)35)19-10-16-22(44-24-23(32)29(16,24)27(36)41)20(38-19)12-4-6-15(31)7-5-12/h4-10,13,23-24,42H,2-3,11H2,1H3,(H2,36,41)(H,37,40)/t23?,24?,28-,29-/m0/s1. The quantitative estimate of drug-likeness (QED) is 0.242. The molecule has 1 aliphatic heterocycles. The van der Waals surface area contributed by atoms with E-state index in [1.54, 1.807) is 0 Å². The lowest BCUT2D eigenvalue weighted by Gasteiger charge is -2.31. The van der Waals surface area contributed by atoms with Crippen LogP contribution in [-0.4, -0.2) is 59.0 Å². The van der Waals surface area contributed by atoms with Crippen molar-refractivity contribution in [3.63, 3.8) is 0 Å². The van der Waals surface area contributed by atoms with Gasteiger partial charge in [-0.15, -0.1) is 11.3 Å². The molecule has 0 spiro atoms. The third-order valence-electron chi connectivity index (χ3n) is 8.51. The fourth-order valence-electron chi connectivity index (χ4n) is 5.74. The zero-order chi connectivity index (χ0) is 32.1. The molecule has 2 aliphatic carbocycles. The molecular weight excluding hydrogens is 623 g/mol. The molecule has 45 heavy (non-hydrogen) atoms. The number of halogens is 5. The van der Waals surface area contributed by atoms with Gasteiger partial charge in [-0.2, -0.15) is 13.2 Å². The van der Waals surface area contributed by atoms with Crippen LogP contribution in [0.25, 0.3) is 21.5 Å². The van der Waals surface area contributed by atoms with E-state index < -0.39 is 59.3 Å². The van der Waals surface area contributed by atoms with Crippen LogP contribution in [0.1, 0.15) is 45.4 Å². The molecule has 0 radical (unpaired) electrons. The maximum atomic E-state index is 14.9. The number of carbonyl (C=O) groups is 2. The lowest BCUT2D eigenvalue weighted by molar-refractivity contribution is -0.265. The second kappa shape index (κ2) is 9.81. The van der Waals surface area contributed by atoms with Crippen LogP contribution in [0, 0.1) is 5.82 Å². The average molecular weight is 647 g/mol. The Bertz CT molecular complexity index is 1900. The first-order valence-corrected chi connectivity index (χ1v) is 14.6. The van der Waals surface area contributed by atoms with Gasteiger partial charge in [0.05, 0.1) is 29.1 Å². The van der Waals surface area contributed by atoms with Crippen molar-refractivity contribution in [3.8, 4) is 22.8 Å². The monoisotopic (exact) mass is 646 g/mol. The molecule has 2 saturated carbocycles. The number of alkyl halides is 4. The molecule has 15 heteroatoms. The minimum Gasteiger partial charge on any atom is -0.494 e. The number of rotatable bonds is 8. The van der Waals surface area contributed by atoms with Crippen LogP contribution in [0.15, 0.2) is 42.5 Å². The summed E-state index contributed by atoms with van der Waals surface area (Å²) < 4.78 is 84.3. The molecule has 3 heterocycles. The zero-order valence-electron chi connectivity index (χ0n) is 23.2. The number of nitrogens with zero attached hydrogens (tertiary/aromatic N) is 2. The Morgan fingerprint density at radius 2 is 1.89 bits per heavy atom. The maximum Gasteiger partial charge on any atom is 0.424 e. The Labute approximate surface area is 255 Å². The number of aliphatic hydroxyl groups is 1. The molecule has 2 aromatic heterocycles. The van der Waals surface area contributed by atoms with Crippen LogP contribution in [0.4, 0.5) is 22.0 Å². The van der Waals surface area contributed by atoms with E-state index in [0.29, 0.717) is 16.1 Å². The largest absolute Gasteiger partial charge is 0.494 e. The number of hydrogen-bond acceptors (Lipinski definition) is 8. The fourth-order valence-corrected chi connectivity index (χ4v) is 6.93. The van der Waals surface area contributed by atoms with Crippen LogP contribution in [-0.2, 0) is 15.8 Å². The number of pyridine rings is 1. The van der Waals surface area contributed by atoms with E-state index in [1.165, 1.54) is 42.7 Å². The van der Waals surface area contributed by atoms with Gasteiger partial charge in [0.2, 0.25) is 11.5 Å². The Hall–Kier alpha value is -4.37. The number of benzene rings is 2. The Balaban J connectivity index is 1.28. The molecule has 0 bridgehead atoms. The van der Waals surface area contributed by atoms with Gasteiger partial charge in [0.1, 0.15) is 22.8 Å². The summed E-state index contributed by atoms with van der Waals surface area (Å²) in [5, 5.41) is 14.3. The minimum atomic E-state index is -5.43. The van der Waals surface area contributed by atoms with Gasteiger partial charge in [-0.05, 0) is 55.3 Å². The summed E-state index contributed by atoms with van der Waals surface area (Å²) in [7, 11) is 1.38. The van der Waals surface area contributed by atoms with Crippen molar-refractivity contribution in [1.29, 1.82) is 0 Å². The lowest BCUT2D eigenvalue weighted by atomic mass is 9.88. The highest BCUT2D eigenvalue weighted by atomic mass is 32.1. The van der Waals surface area contributed by atoms with Gasteiger partial charge >= 0.3 is 6.18 Å². The van der Waals surface area contributed by atoms with Crippen LogP contribution >= 0.6 is 11.3 Å². The number of hydrogen-bond donors (Lipinski definition) is 3. The number of fused-ring (bicyclic) bond motifs is 4. The SMILES string of the molecule is COc1cc(C(=O)NC[C@](O)(c2cc3c(c(-c4ccc(F)cc4)n2)OC2C(F)[C@@]32C(N)=O)C(F)(F)F)cc2sc(C3CC3)nc12. The summed E-state index contributed by atoms with van der Waals surface area (Å²) in [4.78, 5) is 34.2. The predicted molar refractivity (Wildman–Crippen MR) is 150 cm³/mol. The van der Waals surface area contributed by atoms with Crippen LogP contribution in [0.2, 0.25) is 0 Å². The van der Waals surface area contributed by atoms with Crippen molar-refractivity contribution < 1.29 is 46.1 Å². The van der Waals surface area contributed by atoms with Crippen molar-refractivity contribution in [2.45, 2.75) is 48.2 Å². The number of aromatic nitrogens is 2. The number of primary amides is 1. The van der Waals surface area contributed by atoms with Crippen molar-refractivity contribution in [3.05, 3.63) is 70.1 Å². The Morgan fingerprint density at radius 1 is 1.18 bits per heavy atom. The number of nitrogens with one attached hydrogen (secondary N) is 1. The van der Waals surface area contributed by atoms with Crippen molar-refractivity contribution in [2.24, 2.45) is 5.73 Å². The molecule has 2 fully saturated rings. The molecule has 9 nitrogen and oxygen atoms in total. The van der Waals surface area contributed by atoms with Crippen molar-refractivity contribution in [2.75, 3.05) is 13.7 Å². The first-order chi connectivity index (χ1) is 21.3. The van der Waals surface area contributed by atoms with Crippen LogP contribution < -0.4 is 20.5 Å². The predicted octanol–water partition coefficient (Wildman–Crippen LogP) is 4.40. The van der Waals surface area contributed by atoms with E-state index >= 15 is 0 Å². The average Bonchev–Trinajstić information content (AvgIpc) is 3.85. The summed E-state index contributed by atoms with van der Waals surface area (Å²) in [6.07, 6.45) is -6.81. The van der Waals surface area contributed by atoms with Gasteiger partial charge in [-0.3, -0.25) is 9.59 Å². The van der Waals surface area contributed by atoms with E-state index in [4.69, 9.17) is 15.2 Å². The number of thiazole rings is 1. The molecule has 2 amide bonds. The van der Waals surface area contributed by atoms with Gasteiger partial charge in [0, 0.05) is 22.6 Å². The molecule has 234 valence electrons. The molecular formula is C30H23F5N4O5S. The second-order valence-electron chi connectivity index (χ2n) is 11.3. The van der Waals surface area contributed by atoms with Gasteiger partial charge in [0.25, 0.3) is 5.91 Å². The third-order valence-corrected chi connectivity index (χ3v) is 9.68. The summed E-state index contributed by atoms with van der Waals surface area (Å²) in [5.41, 5.74) is -1.57. The molecule has 4 aromatic rings. The summed E-state index contributed by atoms with van der Waals surface area (Å²) in [6, 6.07) is 7.97. The molecule has 0 saturated heterocycles. The number of amides is 2. The number of methoxy groups -OCH3 is 1. The molecule has 4 N–H and O–H groups in total. The lowest BCUT2D eigenvalue weighted by Crippen LogP contribution is -2.51. The molecule has 2 aromatic carbocycles. The molecule has 4 atom stereocenters. The highest BCUT2D eigenvalue weighted by Gasteiger charge is 2.78. The zero-order valence-corrected chi connectivity index (χ0v) is 24.1. The topological polar surface area (TPSA) is 137 Å². The van der Waals surface area contributed by atoms with E-state index in [1.807, 2.05) is 0 Å². The van der Waals surface area contributed by atoms with Gasteiger partial charge in [-0.25, -0.2) is 18.7 Å². The van der Waals surface area contributed by atoms with Crippen LogP contribution in [0.3, 0.4) is 0 Å². The number of ether oxygens (including phenoxy) is 2. The Kier molecular flexibility index (Phi) is 6.40. The van der Waals surface area contributed by atoms with Gasteiger partial charge in [-0.1, -0.05) is 0 Å². The first kappa shape index (κ1) is 29.3. The highest BCUT2D eigenvalue weighted by Crippen LogP contribution is 2.63. The Morgan fingerprint density at radius 3 is 2.51 bits per heavy atom. The molecule has 2 unspecified atom stereocenters. The first-order valence-electron chi connectivity index (χ1n) is 13.8. The summed E-state index contributed by atoms with van der Waals surface area (Å²) in [6.45, 7) is -1.41. The summed E-state index contributed by atoms with van der Waals surface area (Å²) in [5.74, 6) is -2.42.